The van der Waals surface area contributed by atoms with Crippen LogP contribution in [0, 0.1) is 6.92 Å². The summed E-state index contributed by atoms with van der Waals surface area (Å²) in [6.07, 6.45) is 3.39. The largest absolute Gasteiger partial charge is 0.307 e. The van der Waals surface area contributed by atoms with Gasteiger partial charge in [-0.15, -0.1) is 0 Å². The van der Waals surface area contributed by atoms with Gasteiger partial charge in [0.2, 0.25) is 5.91 Å². The third-order valence-electron chi connectivity index (χ3n) is 3.90. The van der Waals surface area contributed by atoms with E-state index in [0.717, 1.165) is 15.7 Å². The maximum atomic E-state index is 12.4. The minimum atomic E-state index is -0.457. The fourth-order valence-electron chi connectivity index (χ4n) is 2.42. The van der Waals surface area contributed by atoms with E-state index in [4.69, 9.17) is 23.2 Å². The SMILES string of the molecule is Cc1cc(NC(=O)C(C)n2cc(Br)cn2)nn1Cc1ccc(Cl)c(Cl)c1. The molecule has 0 saturated carbocycles. The summed E-state index contributed by atoms with van der Waals surface area (Å²) in [6, 6.07) is 6.82. The number of rotatable bonds is 5. The number of nitrogens with one attached hydrogen (secondary N) is 1. The molecule has 0 aliphatic carbocycles. The lowest BCUT2D eigenvalue weighted by atomic mass is 10.2. The molecule has 0 aliphatic heterocycles. The molecule has 3 rings (SSSR count). The number of carbonyl (C=O) groups excluding carboxylic acids is 1. The van der Waals surface area contributed by atoms with Gasteiger partial charge in [-0.05, 0) is 47.5 Å². The predicted octanol–water partition coefficient (Wildman–Crippen LogP) is 4.71. The van der Waals surface area contributed by atoms with Gasteiger partial charge in [-0.1, -0.05) is 29.3 Å². The highest BCUT2D eigenvalue weighted by atomic mass is 79.9. The first-order valence-electron chi connectivity index (χ1n) is 7.82. The molecule has 1 aromatic carbocycles. The number of aryl methyl sites for hydroxylation is 1. The van der Waals surface area contributed by atoms with Crippen LogP contribution in [0.2, 0.25) is 10.0 Å². The van der Waals surface area contributed by atoms with Crippen LogP contribution >= 0.6 is 39.1 Å². The molecular formula is C17H16BrCl2N5O. The second kappa shape index (κ2) is 7.82. The van der Waals surface area contributed by atoms with Gasteiger partial charge in [-0.25, -0.2) is 0 Å². The fourth-order valence-corrected chi connectivity index (χ4v) is 3.04. The Morgan fingerprint density at radius 2 is 2.08 bits per heavy atom. The Kier molecular flexibility index (Phi) is 5.70. The van der Waals surface area contributed by atoms with Crippen LogP contribution in [-0.2, 0) is 11.3 Å². The Morgan fingerprint density at radius 3 is 2.73 bits per heavy atom. The molecule has 0 radical (unpaired) electrons. The zero-order valence-corrected chi connectivity index (χ0v) is 17.2. The lowest BCUT2D eigenvalue weighted by Crippen LogP contribution is -2.24. The van der Waals surface area contributed by atoms with Crippen molar-refractivity contribution in [2.45, 2.75) is 26.4 Å². The second-order valence-electron chi connectivity index (χ2n) is 5.88. The molecule has 1 N–H and O–H groups in total. The van der Waals surface area contributed by atoms with Gasteiger partial charge < -0.3 is 5.32 Å². The van der Waals surface area contributed by atoms with Crippen molar-refractivity contribution in [1.82, 2.24) is 19.6 Å². The number of amides is 1. The van der Waals surface area contributed by atoms with Crippen LogP contribution in [0.3, 0.4) is 0 Å². The molecule has 2 heterocycles. The molecule has 0 fully saturated rings. The molecule has 26 heavy (non-hydrogen) atoms. The van der Waals surface area contributed by atoms with Crippen LogP contribution in [0.1, 0.15) is 24.2 Å². The molecule has 0 spiro atoms. The highest BCUT2D eigenvalue weighted by Crippen LogP contribution is 2.23. The number of hydrogen-bond acceptors (Lipinski definition) is 3. The lowest BCUT2D eigenvalue weighted by Gasteiger charge is -2.11. The Morgan fingerprint density at radius 1 is 1.31 bits per heavy atom. The maximum Gasteiger partial charge on any atom is 0.250 e. The van der Waals surface area contributed by atoms with Crippen LogP contribution in [0.15, 0.2) is 41.1 Å². The van der Waals surface area contributed by atoms with Crippen molar-refractivity contribution < 1.29 is 4.79 Å². The van der Waals surface area contributed by atoms with E-state index in [2.05, 4.69) is 31.4 Å². The van der Waals surface area contributed by atoms with Crippen LogP contribution < -0.4 is 5.32 Å². The first kappa shape index (κ1) is 18.9. The van der Waals surface area contributed by atoms with Gasteiger partial charge in [0.15, 0.2) is 5.82 Å². The molecule has 0 bridgehead atoms. The first-order valence-corrected chi connectivity index (χ1v) is 9.37. The normalized spacial score (nSPS) is 12.2. The van der Waals surface area contributed by atoms with Gasteiger partial charge in [0.1, 0.15) is 6.04 Å². The number of anilines is 1. The molecule has 6 nitrogen and oxygen atoms in total. The molecule has 136 valence electrons. The summed E-state index contributed by atoms with van der Waals surface area (Å²) in [5.41, 5.74) is 1.89. The first-order chi connectivity index (χ1) is 12.3. The fraction of sp³-hybridized carbons (Fsp3) is 0.235. The summed E-state index contributed by atoms with van der Waals surface area (Å²) in [6.45, 7) is 4.23. The minimum absolute atomic E-state index is 0.195. The Labute approximate surface area is 169 Å². The highest BCUT2D eigenvalue weighted by molar-refractivity contribution is 9.10. The topological polar surface area (TPSA) is 64.7 Å². The number of carbonyl (C=O) groups is 1. The lowest BCUT2D eigenvalue weighted by molar-refractivity contribution is -0.119. The monoisotopic (exact) mass is 455 g/mol. The third-order valence-corrected chi connectivity index (χ3v) is 5.04. The van der Waals surface area contributed by atoms with E-state index in [1.165, 1.54) is 0 Å². The summed E-state index contributed by atoms with van der Waals surface area (Å²) >= 11 is 15.3. The van der Waals surface area contributed by atoms with Crippen LogP contribution in [0.25, 0.3) is 0 Å². The van der Waals surface area contributed by atoms with E-state index in [1.807, 2.05) is 19.1 Å². The predicted molar refractivity (Wildman–Crippen MR) is 106 cm³/mol. The number of hydrogen-bond donors (Lipinski definition) is 1. The van der Waals surface area contributed by atoms with Gasteiger partial charge in [0.05, 0.1) is 27.3 Å². The van der Waals surface area contributed by atoms with E-state index < -0.39 is 6.04 Å². The third kappa shape index (κ3) is 4.28. The van der Waals surface area contributed by atoms with Crippen molar-refractivity contribution >= 4 is 50.9 Å². The summed E-state index contributed by atoms with van der Waals surface area (Å²) in [5, 5.41) is 12.4. The molecule has 1 atom stereocenters. The quantitative estimate of drug-likeness (QED) is 0.604. The smallest absolute Gasteiger partial charge is 0.250 e. The molecular weight excluding hydrogens is 441 g/mol. The van der Waals surface area contributed by atoms with E-state index in [-0.39, 0.29) is 5.91 Å². The summed E-state index contributed by atoms with van der Waals surface area (Å²) in [7, 11) is 0. The van der Waals surface area contributed by atoms with Crippen LogP contribution in [0.5, 0.6) is 0 Å². The van der Waals surface area contributed by atoms with Crippen molar-refractivity contribution in [1.29, 1.82) is 0 Å². The Bertz CT molecular complexity index is 953. The molecule has 0 saturated heterocycles. The molecule has 1 unspecified atom stereocenters. The number of halogens is 3. The minimum Gasteiger partial charge on any atom is -0.307 e. The number of benzene rings is 1. The zero-order chi connectivity index (χ0) is 18.8. The highest BCUT2D eigenvalue weighted by Gasteiger charge is 2.17. The van der Waals surface area contributed by atoms with Gasteiger partial charge in [-0.3, -0.25) is 14.2 Å². The van der Waals surface area contributed by atoms with Gasteiger partial charge >= 0.3 is 0 Å². The van der Waals surface area contributed by atoms with E-state index in [0.29, 0.717) is 22.4 Å². The Hall–Kier alpha value is -1.83. The van der Waals surface area contributed by atoms with E-state index >= 15 is 0 Å². The van der Waals surface area contributed by atoms with Gasteiger partial charge in [0.25, 0.3) is 0 Å². The standard InChI is InChI=1S/C17H16BrCl2N5O/c1-10-5-16(22-17(26)11(2)25-9-13(18)7-21-25)23-24(10)8-12-3-4-14(19)15(20)6-12/h3-7,9,11H,8H2,1-2H3,(H,22,23,26). The summed E-state index contributed by atoms with van der Waals surface area (Å²) < 4.78 is 4.20. The maximum absolute atomic E-state index is 12.4. The van der Waals surface area contributed by atoms with Crippen molar-refractivity contribution in [3.63, 3.8) is 0 Å². The zero-order valence-electron chi connectivity index (χ0n) is 14.1. The van der Waals surface area contributed by atoms with Crippen molar-refractivity contribution in [2.24, 2.45) is 0 Å². The van der Waals surface area contributed by atoms with Gasteiger partial charge in [-0.2, -0.15) is 10.2 Å². The van der Waals surface area contributed by atoms with E-state index in [9.17, 15) is 4.79 Å². The average Bonchev–Trinajstić information content (AvgIpc) is 3.16. The number of nitrogens with zero attached hydrogens (tertiary/aromatic N) is 4. The summed E-state index contributed by atoms with van der Waals surface area (Å²) in [4.78, 5) is 12.4. The second-order valence-corrected chi connectivity index (χ2v) is 7.61. The average molecular weight is 457 g/mol. The van der Waals surface area contributed by atoms with Crippen molar-refractivity contribution in [2.75, 3.05) is 5.32 Å². The van der Waals surface area contributed by atoms with Crippen LogP contribution in [0.4, 0.5) is 5.82 Å². The van der Waals surface area contributed by atoms with Gasteiger partial charge in [0, 0.05) is 18.0 Å². The molecule has 9 heteroatoms. The summed E-state index contributed by atoms with van der Waals surface area (Å²) in [5.74, 6) is 0.297. The van der Waals surface area contributed by atoms with E-state index in [1.54, 1.807) is 40.8 Å². The molecule has 0 aliphatic rings. The number of aromatic nitrogens is 4. The molecule has 2 aromatic heterocycles. The van der Waals surface area contributed by atoms with Crippen molar-refractivity contribution in [3.8, 4) is 0 Å². The molecule has 3 aromatic rings. The van der Waals surface area contributed by atoms with Crippen molar-refractivity contribution in [3.05, 3.63) is 62.4 Å². The van der Waals surface area contributed by atoms with Crippen LogP contribution in [-0.4, -0.2) is 25.5 Å². The Balaban J connectivity index is 1.71. The molecule has 1 amide bonds.